The van der Waals surface area contributed by atoms with Crippen LogP contribution in [0.25, 0.3) is 10.2 Å². The normalized spacial score (nSPS) is 12.5. The van der Waals surface area contributed by atoms with Gasteiger partial charge in [-0.1, -0.05) is 31.6 Å². The molecule has 1 aromatic heterocycles. The van der Waals surface area contributed by atoms with Crippen molar-refractivity contribution >= 4 is 37.5 Å². The second-order valence-electron chi connectivity index (χ2n) is 7.41. The number of hydrogen-bond donors (Lipinski definition) is 0. The summed E-state index contributed by atoms with van der Waals surface area (Å²) in [4.78, 5) is 17.7. The molecule has 3 rings (SSSR count). The molecule has 178 valence electrons. The van der Waals surface area contributed by atoms with E-state index < -0.39 is 15.9 Å². The zero-order valence-corrected chi connectivity index (χ0v) is 21.1. The molecule has 0 radical (unpaired) electrons. The van der Waals surface area contributed by atoms with E-state index in [0.717, 1.165) is 23.1 Å². The van der Waals surface area contributed by atoms with Gasteiger partial charge >= 0.3 is 0 Å². The molecule has 0 spiro atoms. The molecule has 8 nitrogen and oxygen atoms in total. The number of rotatable bonds is 9. The average Bonchev–Trinajstić information content (AvgIpc) is 3.12. The molecule has 0 fully saturated rings. The predicted octanol–water partition coefficient (Wildman–Crippen LogP) is 3.81. The molecule has 10 heteroatoms. The molecule has 0 unspecified atom stereocenters. The van der Waals surface area contributed by atoms with Crippen LogP contribution < -0.4 is 14.3 Å². The smallest absolute Gasteiger partial charge is 0.279 e. The minimum Gasteiger partial charge on any atom is -0.493 e. The Bertz CT molecular complexity index is 1310. The van der Waals surface area contributed by atoms with Gasteiger partial charge in [-0.2, -0.15) is 9.30 Å². The van der Waals surface area contributed by atoms with Crippen LogP contribution >= 0.6 is 11.3 Å². The number of benzene rings is 2. The van der Waals surface area contributed by atoms with Gasteiger partial charge in [0.1, 0.15) is 0 Å². The number of hydrogen-bond acceptors (Lipinski definition) is 6. The fraction of sp³-hybridized carbons (Fsp3) is 0.391. The van der Waals surface area contributed by atoms with Crippen molar-refractivity contribution in [3.05, 3.63) is 46.8 Å². The summed E-state index contributed by atoms with van der Waals surface area (Å²) >= 11 is 1.35. The van der Waals surface area contributed by atoms with Gasteiger partial charge < -0.3 is 14.0 Å². The first-order valence-corrected chi connectivity index (χ1v) is 12.9. The Morgan fingerprint density at radius 2 is 1.73 bits per heavy atom. The molecular formula is C23H29N3O5S2. The largest absolute Gasteiger partial charge is 0.493 e. The minimum absolute atomic E-state index is 0.170. The molecule has 0 aliphatic carbocycles. The number of methoxy groups -OCH3 is 2. The van der Waals surface area contributed by atoms with Gasteiger partial charge in [0.05, 0.1) is 29.3 Å². The third kappa shape index (κ3) is 5.13. The number of fused-ring (bicyclic) bond motifs is 1. The highest BCUT2D eigenvalue weighted by atomic mass is 32.2. The third-order valence-corrected chi connectivity index (χ3v) is 8.45. The molecule has 0 N–H and O–H groups in total. The van der Waals surface area contributed by atoms with E-state index in [1.54, 1.807) is 14.2 Å². The molecule has 0 aliphatic rings. The molecule has 0 atom stereocenters. The number of amides is 1. The van der Waals surface area contributed by atoms with Crippen molar-refractivity contribution in [2.75, 3.05) is 27.3 Å². The van der Waals surface area contributed by atoms with Gasteiger partial charge in [0.15, 0.2) is 16.3 Å². The summed E-state index contributed by atoms with van der Waals surface area (Å²) in [6.45, 7) is 4.72. The summed E-state index contributed by atoms with van der Waals surface area (Å²) in [6, 6.07) is 9.63. The molecule has 3 aromatic rings. The van der Waals surface area contributed by atoms with E-state index in [2.05, 4.69) is 4.99 Å². The first kappa shape index (κ1) is 24.9. The highest BCUT2D eigenvalue weighted by molar-refractivity contribution is 7.89. The minimum atomic E-state index is -3.60. The second-order valence-corrected chi connectivity index (χ2v) is 10.4. The number of ether oxygens (including phenoxy) is 2. The fourth-order valence-electron chi connectivity index (χ4n) is 3.41. The van der Waals surface area contributed by atoms with Gasteiger partial charge in [0.25, 0.3) is 5.91 Å². The monoisotopic (exact) mass is 491 g/mol. The summed E-state index contributed by atoms with van der Waals surface area (Å²) < 4.78 is 40.6. The van der Waals surface area contributed by atoms with Crippen molar-refractivity contribution < 1.29 is 22.7 Å². The van der Waals surface area contributed by atoms with E-state index in [0.29, 0.717) is 35.0 Å². The van der Waals surface area contributed by atoms with Crippen LogP contribution in [0.15, 0.2) is 46.3 Å². The Kier molecular flexibility index (Phi) is 7.93. The van der Waals surface area contributed by atoms with Crippen molar-refractivity contribution in [3.63, 3.8) is 0 Å². The van der Waals surface area contributed by atoms with Gasteiger partial charge in [0.2, 0.25) is 10.0 Å². The zero-order valence-electron chi connectivity index (χ0n) is 19.5. The van der Waals surface area contributed by atoms with Crippen LogP contribution in [-0.4, -0.2) is 50.5 Å². The van der Waals surface area contributed by atoms with Crippen molar-refractivity contribution in [1.29, 1.82) is 0 Å². The van der Waals surface area contributed by atoms with Gasteiger partial charge in [-0.05, 0) is 30.7 Å². The van der Waals surface area contributed by atoms with Crippen LogP contribution in [0.2, 0.25) is 0 Å². The molecule has 0 bridgehead atoms. The quantitative estimate of drug-likeness (QED) is 0.454. The Balaban J connectivity index is 1.92. The van der Waals surface area contributed by atoms with Crippen LogP contribution in [-0.2, 0) is 17.1 Å². The summed E-state index contributed by atoms with van der Waals surface area (Å²) in [5.74, 6) is 0.744. The van der Waals surface area contributed by atoms with Crippen molar-refractivity contribution in [1.82, 2.24) is 8.87 Å². The lowest BCUT2D eigenvalue weighted by Gasteiger charge is -2.20. The van der Waals surface area contributed by atoms with Crippen molar-refractivity contribution in [2.45, 2.75) is 31.6 Å². The number of aromatic nitrogens is 1. The maximum absolute atomic E-state index is 12.9. The summed E-state index contributed by atoms with van der Waals surface area (Å²) in [7, 11) is 1.36. The summed E-state index contributed by atoms with van der Waals surface area (Å²) in [6.07, 6.45) is 1.71. The van der Waals surface area contributed by atoms with Crippen LogP contribution in [0.1, 0.15) is 37.0 Å². The van der Waals surface area contributed by atoms with Gasteiger partial charge in [-0.15, -0.1) is 0 Å². The Labute approximate surface area is 198 Å². The maximum Gasteiger partial charge on any atom is 0.279 e. The maximum atomic E-state index is 12.9. The van der Waals surface area contributed by atoms with Crippen LogP contribution in [0.5, 0.6) is 11.5 Å². The number of carbonyl (C=O) groups is 1. The highest BCUT2D eigenvalue weighted by Gasteiger charge is 2.22. The Hall–Kier alpha value is -2.69. The van der Waals surface area contributed by atoms with E-state index in [1.807, 2.05) is 37.6 Å². The van der Waals surface area contributed by atoms with E-state index in [1.165, 1.54) is 39.9 Å². The first-order chi connectivity index (χ1) is 15.8. The molecule has 0 aliphatic heterocycles. The van der Waals surface area contributed by atoms with Gasteiger partial charge in [0, 0.05) is 37.8 Å². The summed E-state index contributed by atoms with van der Waals surface area (Å²) in [5, 5.41) is 0. The van der Waals surface area contributed by atoms with Crippen LogP contribution in [0.4, 0.5) is 0 Å². The Morgan fingerprint density at radius 1 is 1.09 bits per heavy atom. The first-order valence-electron chi connectivity index (χ1n) is 10.7. The lowest BCUT2D eigenvalue weighted by Crippen LogP contribution is -2.31. The molecular weight excluding hydrogens is 462 g/mol. The SMILES string of the molecule is CCCCN(CC)S(=O)(=O)c1ccc(C(=O)N=c2sc3cc(OC)c(OC)cc3n2C)cc1. The predicted molar refractivity (Wildman–Crippen MR) is 130 cm³/mol. The van der Waals surface area contributed by atoms with E-state index in [9.17, 15) is 13.2 Å². The van der Waals surface area contributed by atoms with E-state index >= 15 is 0 Å². The second kappa shape index (κ2) is 10.5. The fourth-order valence-corrected chi connectivity index (χ4v) is 5.93. The van der Waals surface area contributed by atoms with E-state index in [4.69, 9.17) is 9.47 Å². The number of nitrogens with zero attached hydrogens (tertiary/aromatic N) is 3. The van der Waals surface area contributed by atoms with Crippen LogP contribution in [0, 0.1) is 0 Å². The average molecular weight is 492 g/mol. The van der Waals surface area contributed by atoms with Crippen LogP contribution in [0.3, 0.4) is 0 Å². The molecule has 1 heterocycles. The number of aryl methyl sites for hydroxylation is 1. The lowest BCUT2D eigenvalue weighted by molar-refractivity contribution is 0.0998. The van der Waals surface area contributed by atoms with Gasteiger partial charge in [-0.25, -0.2) is 8.42 Å². The molecule has 2 aromatic carbocycles. The molecule has 1 amide bonds. The summed E-state index contributed by atoms with van der Waals surface area (Å²) in [5.41, 5.74) is 1.18. The van der Waals surface area contributed by atoms with Crippen molar-refractivity contribution in [2.24, 2.45) is 12.0 Å². The lowest BCUT2D eigenvalue weighted by atomic mass is 10.2. The molecule has 33 heavy (non-hydrogen) atoms. The van der Waals surface area contributed by atoms with Gasteiger partial charge in [-0.3, -0.25) is 4.79 Å². The molecule has 0 saturated heterocycles. The van der Waals surface area contributed by atoms with Crippen molar-refractivity contribution in [3.8, 4) is 11.5 Å². The molecule has 0 saturated carbocycles. The third-order valence-electron chi connectivity index (χ3n) is 5.36. The topological polar surface area (TPSA) is 90.2 Å². The number of unbranched alkanes of at least 4 members (excludes halogenated alkanes) is 1. The number of sulfonamides is 1. The highest BCUT2D eigenvalue weighted by Crippen LogP contribution is 2.33. The number of thiazole rings is 1. The standard InChI is InChI=1S/C23H29N3O5S2/c1-6-8-13-26(7-2)33(28,29)17-11-9-16(10-12-17)22(27)24-23-25(3)18-14-19(30-4)20(31-5)15-21(18)32-23/h9-12,14-15H,6-8,13H2,1-5H3. The van der Waals surface area contributed by atoms with E-state index in [-0.39, 0.29) is 4.90 Å². The number of carbonyl (C=O) groups excluding carboxylic acids is 1. The Morgan fingerprint density at radius 3 is 2.30 bits per heavy atom. The zero-order chi connectivity index (χ0) is 24.2.